The van der Waals surface area contributed by atoms with Crippen LogP contribution in [-0.4, -0.2) is 11.9 Å². The van der Waals surface area contributed by atoms with Gasteiger partial charge in [-0.2, -0.15) is 5.26 Å². The minimum absolute atomic E-state index is 0.0580. The fourth-order valence-corrected chi connectivity index (χ4v) is 2.72. The lowest BCUT2D eigenvalue weighted by Crippen LogP contribution is -2.12. The van der Waals surface area contributed by atoms with Crippen LogP contribution in [0.3, 0.4) is 0 Å². The van der Waals surface area contributed by atoms with E-state index in [9.17, 15) is 9.59 Å². The number of rotatable bonds is 6. The van der Waals surface area contributed by atoms with Gasteiger partial charge in [0.25, 0.3) is 5.91 Å². The van der Waals surface area contributed by atoms with Crippen molar-refractivity contribution >= 4 is 29.6 Å². The van der Waals surface area contributed by atoms with Crippen LogP contribution in [0.5, 0.6) is 0 Å². The number of carbonyl (C=O) groups is 2. The first-order chi connectivity index (χ1) is 14.0. The Kier molecular flexibility index (Phi) is 6.12. The highest BCUT2D eigenvalue weighted by molar-refractivity contribution is 6.31. The molecule has 0 saturated heterocycles. The average Bonchev–Trinajstić information content (AvgIpc) is 3.20. The highest BCUT2D eigenvalue weighted by Gasteiger charge is 2.12. The van der Waals surface area contributed by atoms with Crippen molar-refractivity contribution in [1.29, 1.82) is 5.26 Å². The zero-order valence-electron chi connectivity index (χ0n) is 15.1. The van der Waals surface area contributed by atoms with Crippen LogP contribution in [0.2, 0.25) is 5.02 Å². The maximum atomic E-state index is 12.4. The number of nitrogens with two attached hydrogens (primary N) is 1. The van der Waals surface area contributed by atoms with E-state index in [1.165, 1.54) is 6.08 Å². The lowest BCUT2D eigenvalue weighted by molar-refractivity contribution is -0.114. The van der Waals surface area contributed by atoms with E-state index in [4.69, 9.17) is 31.8 Å². The molecule has 0 aliphatic carbocycles. The van der Waals surface area contributed by atoms with Crippen LogP contribution in [0.1, 0.15) is 21.7 Å². The van der Waals surface area contributed by atoms with Gasteiger partial charge < -0.3 is 14.9 Å². The lowest BCUT2D eigenvalue weighted by atomic mass is 10.1. The monoisotopic (exact) mass is 406 g/mol. The highest BCUT2D eigenvalue weighted by atomic mass is 35.5. The Morgan fingerprint density at radius 1 is 1.14 bits per heavy atom. The molecule has 3 rings (SSSR count). The van der Waals surface area contributed by atoms with Gasteiger partial charge in [0.2, 0.25) is 0 Å². The van der Waals surface area contributed by atoms with Gasteiger partial charge in [-0.25, -0.2) is 4.79 Å². The summed E-state index contributed by atoms with van der Waals surface area (Å²) in [4.78, 5) is 23.5. The molecule has 3 aromatic rings. The molecule has 0 saturated carbocycles. The number of hydrogen-bond donors (Lipinski definition) is 1. The fourth-order valence-electron chi connectivity index (χ4n) is 2.53. The van der Waals surface area contributed by atoms with Gasteiger partial charge in [-0.05, 0) is 30.3 Å². The first-order valence-corrected chi connectivity index (χ1v) is 8.88. The molecular formula is C22H15ClN2O4. The number of carbonyl (C=O) groups excluding carboxylic acids is 2. The predicted octanol–water partition coefficient (Wildman–Crippen LogP) is 4.35. The molecule has 2 N–H and O–H groups in total. The molecule has 0 radical (unpaired) electrons. The molecule has 2 aromatic carbocycles. The molecule has 1 amide bonds. The number of nitriles is 1. The Morgan fingerprint density at radius 3 is 2.66 bits per heavy atom. The van der Waals surface area contributed by atoms with E-state index >= 15 is 0 Å². The maximum Gasteiger partial charge on any atom is 0.338 e. The Balaban J connectivity index is 1.76. The Labute approximate surface area is 171 Å². The van der Waals surface area contributed by atoms with Gasteiger partial charge in [0, 0.05) is 22.2 Å². The molecule has 1 heterocycles. The zero-order valence-corrected chi connectivity index (χ0v) is 15.8. The normalized spacial score (nSPS) is 11.0. The van der Waals surface area contributed by atoms with Gasteiger partial charge in [-0.15, -0.1) is 0 Å². The number of nitrogens with zero attached hydrogens (tertiary/aromatic N) is 1. The van der Waals surface area contributed by atoms with Gasteiger partial charge in [0.1, 0.15) is 29.8 Å². The molecule has 29 heavy (non-hydrogen) atoms. The molecule has 0 aliphatic heterocycles. The Bertz CT molecular complexity index is 1140. The number of amides is 1. The molecule has 0 fully saturated rings. The summed E-state index contributed by atoms with van der Waals surface area (Å²) in [6.45, 7) is 0.0580. The summed E-state index contributed by atoms with van der Waals surface area (Å²) in [5, 5.41) is 9.43. The molecule has 6 nitrogen and oxygen atoms in total. The third kappa shape index (κ3) is 4.92. The number of halogens is 1. The molecule has 144 valence electrons. The van der Waals surface area contributed by atoms with Gasteiger partial charge >= 0.3 is 5.97 Å². The van der Waals surface area contributed by atoms with Gasteiger partial charge in [0.05, 0.1) is 5.56 Å². The van der Waals surface area contributed by atoms with E-state index in [-0.39, 0.29) is 12.2 Å². The summed E-state index contributed by atoms with van der Waals surface area (Å²) in [7, 11) is 0. The van der Waals surface area contributed by atoms with Crippen molar-refractivity contribution in [3.63, 3.8) is 0 Å². The summed E-state index contributed by atoms with van der Waals surface area (Å²) >= 11 is 6.07. The smallest absolute Gasteiger partial charge is 0.338 e. The van der Waals surface area contributed by atoms with Crippen molar-refractivity contribution in [2.45, 2.75) is 6.61 Å². The largest absolute Gasteiger partial charge is 0.457 e. The molecule has 0 unspecified atom stereocenters. The standard InChI is InChI=1S/C22H15ClN2O4/c23-19-7-2-1-4-16(19)13-28-22(27)15-6-3-5-14(10-15)20-9-8-18(29-20)11-17(12-24)21(25)26/h1-11H,13H2,(H2,25,26)/b17-11+. The van der Waals surface area contributed by atoms with Crippen LogP contribution >= 0.6 is 11.6 Å². The second-order valence-corrected chi connectivity index (χ2v) is 6.39. The van der Waals surface area contributed by atoms with Gasteiger partial charge in [0.15, 0.2) is 0 Å². The minimum atomic E-state index is -0.839. The van der Waals surface area contributed by atoms with Crippen LogP contribution < -0.4 is 5.73 Å². The number of esters is 1. The van der Waals surface area contributed by atoms with Crippen molar-refractivity contribution in [2.75, 3.05) is 0 Å². The second-order valence-electron chi connectivity index (χ2n) is 5.98. The summed E-state index contributed by atoms with van der Waals surface area (Å²) in [5.74, 6) is -0.589. The van der Waals surface area contributed by atoms with E-state index < -0.39 is 11.9 Å². The van der Waals surface area contributed by atoms with E-state index in [1.54, 1.807) is 60.7 Å². The Morgan fingerprint density at radius 2 is 1.93 bits per heavy atom. The molecular weight excluding hydrogens is 392 g/mol. The van der Waals surface area contributed by atoms with E-state index in [0.29, 0.717) is 33.2 Å². The van der Waals surface area contributed by atoms with Crippen molar-refractivity contribution in [1.82, 2.24) is 0 Å². The molecule has 0 bridgehead atoms. The molecule has 0 atom stereocenters. The van der Waals surface area contributed by atoms with E-state index in [2.05, 4.69) is 0 Å². The quantitative estimate of drug-likeness (QED) is 0.372. The Hall–Kier alpha value is -3.82. The molecule has 0 spiro atoms. The SMILES string of the molecule is N#C/C(=C\c1ccc(-c2cccc(C(=O)OCc3ccccc3Cl)c2)o1)C(N)=O. The minimum Gasteiger partial charge on any atom is -0.457 e. The van der Waals surface area contributed by atoms with Crippen LogP contribution in [0.4, 0.5) is 0 Å². The molecule has 1 aromatic heterocycles. The summed E-state index contributed by atoms with van der Waals surface area (Å²) < 4.78 is 11.0. The topological polar surface area (TPSA) is 106 Å². The van der Waals surface area contributed by atoms with Crippen molar-refractivity contribution < 1.29 is 18.7 Å². The third-order valence-corrected chi connectivity index (χ3v) is 4.37. The lowest BCUT2D eigenvalue weighted by Gasteiger charge is -2.07. The van der Waals surface area contributed by atoms with Crippen LogP contribution in [0.15, 0.2) is 70.7 Å². The third-order valence-electron chi connectivity index (χ3n) is 4.00. The number of hydrogen-bond acceptors (Lipinski definition) is 5. The number of ether oxygens (including phenoxy) is 1. The second kappa shape index (κ2) is 8.91. The van der Waals surface area contributed by atoms with E-state index in [1.807, 2.05) is 6.07 Å². The van der Waals surface area contributed by atoms with Gasteiger partial charge in [-0.1, -0.05) is 41.9 Å². The van der Waals surface area contributed by atoms with E-state index in [0.717, 1.165) is 0 Å². The van der Waals surface area contributed by atoms with Crippen molar-refractivity contribution in [2.24, 2.45) is 5.73 Å². The highest BCUT2D eigenvalue weighted by Crippen LogP contribution is 2.25. The fraction of sp³-hybridized carbons (Fsp3) is 0.0455. The predicted molar refractivity (Wildman–Crippen MR) is 107 cm³/mol. The van der Waals surface area contributed by atoms with Crippen LogP contribution in [0.25, 0.3) is 17.4 Å². The van der Waals surface area contributed by atoms with Crippen LogP contribution in [-0.2, 0) is 16.1 Å². The number of primary amides is 1. The number of furan rings is 1. The summed E-state index contributed by atoms with van der Waals surface area (Å²) in [5.41, 5.74) is 6.59. The zero-order chi connectivity index (χ0) is 20.8. The van der Waals surface area contributed by atoms with Crippen molar-refractivity contribution in [3.05, 3.63) is 88.1 Å². The summed E-state index contributed by atoms with van der Waals surface area (Å²) in [6, 6.07) is 18.8. The average molecular weight is 407 g/mol. The first kappa shape index (κ1) is 19.9. The van der Waals surface area contributed by atoms with Gasteiger partial charge in [-0.3, -0.25) is 4.79 Å². The first-order valence-electron chi connectivity index (χ1n) is 8.50. The van der Waals surface area contributed by atoms with Crippen molar-refractivity contribution in [3.8, 4) is 17.4 Å². The number of benzene rings is 2. The molecule has 0 aliphatic rings. The summed E-state index contributed by atoms with van der Waals surface area (Å²) in [6.07, 6.45) is 1.26. The van der Waals surface area contributed by atoms with Crippen LogP contribution in [0, 0.1) is 11.3 Å². The maximum absolute atomic E-state index is 12.4. The molecule has 7 heteroatoms.